The van der Waals surface area contributed by atoms with Crippen LogP contribution in [-0.2, 0) is 22.9 Å². The highest BCUT2D eigenvalue weighted by Crippen LogP contribution is 2.25. The van der Waals surface area contributed by atoms with Crippen LogP contribution >= 0.6 is 0 Å². The number of nitrogens with two attached hydrogens (primary N) is 1. The number of allylic oxidation sites excluding steroid dienone is 2. The van der Waals surface area contributed by atoms with E-state index in [2.05, 4.69) is 19.7 Å². The van der Waals surface area contributed by atoms with Gasteiger partial charge >= 0.3 is 0 Å². The molecule has 1 aromatic carbocycles. The second kappa shape index (κ2) is 5.80. The maximum absolute atomic E-state index is 11.6. The average Bonchev–Trinajstić information content (AvgIpc) is 2.30. The number of rotatable bonds is 6. The van der Waals surface area contributed by atoms with E-state index in [-0.39, 0.29) is 4.90 Å². The standard InChI is InChI=1S/C14H17NO2S/c1-4-7-12-11(6-3)9-10-14(18(15,16)17)13(12)8-5-2/h4-6,9-10H,1-3,7-8H2,(H2,15,16,17). The van der Waals surface area contributed by atoms with Crippen LogP contribution in [0, 0.1) is 0 Å². The molecular weight excluding hydrogens is 246 g/mol. The Morgan fingerprint density at radius 3 is 2.06 bits per heavy atom. The number of sulfonamides is 1. The second-order valence-corrected chi connectivity index (χ2v) is 5.37. The van der Waals surface area contributed by atoms with Crippen LogP contribution in [0.25, 0.3) is 6.08 Å². The summed E-state index contributed by atoms with van der Waals surface area (Å²) in [6.07, 6.45) is 6.08. The summed E-state index contributed by atoms with van der Waals surface area (Å²) >= 11 is 0. The molecule has 0 heterocycles. The lowest BCUT2D eigenvalue weighted by Gasteiger charge is -2.14. The fourth-order valence-corrected chi connectivity index (χ4v) is 2.71. The quantitative estimate of drug-likeness (QED) is 0.801. The highest BCUT2D eigenvalue weighted by atomic mass is 32.2. The molecule has 2 N–H and O–H groups in total. The summed E-state index contributed by atoms with van der Waals surface area (Å²) in [5.41, 5.74) is 2.44. The van der Waals surface area contributed by atoms with Gasteiger partial charge in [0.25, 0.3) is 0 Å². The summed E-state index contributed by atoms with van der Waals surface area (Å²) in [6.45, 7) is 11.1. The fraction of sp³-hybridized carbons (Fsp3) is 0.143. The van der Waals surface area contributed by atoms with Crippen molar-refractivity contribution < 1.29 is 8.42 Å². The summed E-state index contributed by atoms with van der Waals surface area (Å²) in [5.74, 6) is 0. The third-order valence-corrected chi connectivity index (χ3v) is 3.64. The molecule has 0 spiro atoms. The minimum absolute atomic E-state index is 0.143. The van der Waals surface area contributed by atoms with E-state index < -0.39 is 10.0 Å². The molecule has 3 nitrogen and oxygen atoms in total. The molecule has 0 fully saturated rings. The Hall–Kier alpha value is -1.65. The topological polar surface area (TPSA) is 60.2 Å². The fourth-order valence-electron chi connectivity index (χ4n) is 1.90. The molecule has 0 saturated heterocycles. The number of primary sulfonamides is 1. The molecule has 1 aromatic rings. The molecular formula is C14H17NO2S. The first-order valence-electron chi connectivity index (χ1n) is 5.47. The van der Waals surface area contributed by atoms with E-state index in [1.54, 1.807) is 24.3 Å². The highest BCUT2D eigenvalue weighted by molar-refractivity contribution is 7.89. The van der Waals surface area contributed by atoms with Crippen molar-refractivity contribution in [3.63, 3.8) is 0 Å². The summed E-state index contributed by atoms with van der Waals surface area (Å²) in [5, 5.41) is 5.23. The molecule has 4 heteroatoms. The number of hydrogen-bond donors (Lipinski definition) is 1. The van der Waals surface area contributed by atoms with Crippen LogP contribution in [0.5, 0.6) is 0 Å². The third kappa shape index (κ3) is 2.97. The normalized spacial score (nSPS) is 10.9. The van der Waals surface area contributed by atoms with Gasteiger partial charge in [0.2, 0.25) is 10.0 Å². The van der Waals surface area contributed by atoms with Crippen LogP contribution in [0.2, 0.25) is 0 Å². The molecule has 0 aliphatic heterocycles. The van der Waals surface area contributed by atoms with Gasteiger partial charge in [0.05, 0.1) is 4.90 Å². The highest BCUT2D eigenvalue weighted by Gasteiger charge is 2.17. The van der Waals surface area contributed by atoms with Gasteiger partial charge in [-0.15, -0.1) is 13.2 Å². The summed E-state index contributed by atoms with van der Waals surface area (Å²) in [6, 6.07) is 3.22. The average molecular weight is 263 g/mol. The van der Waals surface area contributed by atoms with Crippen molar-refractivity contribution in [2.75, 3.05) is 0 Å². The Bertz CT molecular complexity index is 586. The minimum atomic E-state index is -3.74. The largest absolute Gasteiger partial charge is 0.238 e. The van der Waals surface area contributed by atoms with Gasteiger partial charge in [0.15, 0.2) is 0 Å². The van der Waals surface area contributed by atoms with Gasteiger partial charge in [-0.05, 0) is 35.6 Å². The lowest BCUT2D eigenvalue weighted by Crippen LogP contribution is -2.16. The van der Waals surface area contributed by atoms with Crippen LogP contribution in [0.3, 0.4) is 0 Å². The van der Waals surface area contributed by atoms with Crippen molar-refractivity contribution in [2.24, 2.45) is 5.14 Å². The SMILES string of the molecule is C=CCc1c(C=C)ccc(S(N)(=O)=O)c1CC=C. The summed E-state index contributed by atoms with van der Waals surface area (Å²) in [7, 11) is -3.74. The smallest absolute Gasteiger partial charge is 0.225 e. The van der Waals surface area contributed by atoms with Crippen LogP contribution in [0.1, 0.15) is 16.7 Å². The first kappa shape index (κ1) is 14.4. The van der Waals surface area contributed by atoms with E-state index in [1.165, 1.54) is 6.07 Å². The van der Waals surface area contributed by atoms with Crippen molar-refractivity contribution in [3.05, 3.63) is 60.7 Å². The maximum Gasteiger partial charge on any atom is 0.238 e. The second-order valence-electron chi connectivity index (χ2n) is 3.84. The van der Waals surface area contributed by atoms with E-state index in [4.69, 9.17) is 5.14 Å². The number of benzene rings is 1. The molecule has 18 heavy (non-hydrogen) atoms. The van der Waals surface area contributed by atoms with E-state index in [0.717, 1.165) is 11.1 Å². The van der Waals surface area contributed by atoms with Crippen LogP contribution in [-0.4, -0.2) is 8.42 Å². The lowest BCUT2D eigenvalue weighted by molar-refractivity contribution is 0.596. The molecule has 0 bridgehead atoms. The third-order valence-electron chi connectivity index (χ3n) is 2.65. The van der Waals surface area contributed by atoms with Gasteiger partial charge < -0.3 is 0 Å². The predicted molar refractivity (Wildman–Crippen MR) is 75.7 cm³/mol. The Morgan fingerprint density at radius 2 is 1.61 bits per heavy atom. The Morgan fingerprint density at radius 1 is 1.06 bits per heavy atom. The molecule has 0 aliphatic rings. The zero-order chi connectivity index (χ0) is 13.8. The van der Waals surface area contributed by atoms with Gasteiger partial charge in [-0.3, -0.25) is 0 Å². The zero-order valence-electron chi connectivity index (χ0n) is 10.2. The molecule has 0 amide bonds. The van der Waals surface area contributed by atoms with Crippen LogP contribution in [0.4, 0.5) is 0 Å². The van der Waals surface area contributed by atoms with Crippen molar-refractivity contribution in [3.8, 4) is 0 Å². The monoisotopic (exact) mass is 263 g/mol. The summed E-state index contributed by atoms with van der Waals surface area (Å²) < 4.78 is 23.2. The van der Waals surface area contributed by atoms with Gasteiger partial charge in [-0.25, -0.2) is 13.6 Å². The first-order valence-corrected chi connectivity index (χ1v) is 7.02. The van der Waals surface area contributed by atoms with Crippen molar-refractivity contribution in [1.29, 1.82) is 0 Å². The summed E-state index contributed by atoms with van der Waals surface area (Å²) in [4.78, 5) is 0.143. The van der Waals surface area contributed by atoms with E-state index in [9.17, 15) is 8.42 Å². The van der Waals surface area contributed by atoms with E-state index in [1.807, 2.05) is 0 Å². The molecule has 0 atom stereocenters. The Balaban J connectivity index is 3.65. The van der Waals surface area contributed by atoms with E-state index in [0.29, 0.717) is 18.4 Å². The molecule has 96 valence electrons. The molecule has 1 rings (SSSR count). The van der Waals surface area contributed by atoms with Crippen molar-refractivity contribution >= 4 is 16.1 Å². The predicted octanol–water partition coefficient (Wildman–Crippen LogP) is 2.43. The van der Waals surface area contributed by atoms with E-state index >= 15 is 0 Å². The van der Waals surface area contributed by atoms with Crippen LogP contribution in [0.15, 0.2) is 48.9 Å². The molecule has 0 radical (unpaired) electrons. The van der Waals surface area contributed by atoms with Crippen LogP contribution < -0.4 is 5.14 Å². The van der Waals surface area contributed by atoms with Gasteiger partial charge in [-0.2, -0.15) is 0 Å². The van der Waals surface area contributed by atoms with Gasteiger partial charge in [0, 0.05) is 0 Å². The van der Waals surface area contributed by atoms with Gasteiger partial charge in [0.1, 0.15) is 0 Å². The Kier molecular flexibility index (Phi) is 4.64. The molecule has 0 unspecified atom stereocenters. The maximum atomic E-state index is 11.6. The zero-order valence-corrected chi connectivity index (χ0v) is 11.0. The number of hydrogen-bond acceptors (Lipinski definition) is 2. The van der Waals surface area contributed by atoms with Crippen molar-refractivity contribution in [1.82, 2.24) is 0 Å². The first-order chi connectivity index (χ1) is 8.45. The minimum Gasteiger partial charge on any atom is -0.225 e. The Labute approximate surface area is 108 Å². The molecule has 0 saturated carbocycles. The van der Waals surface area contributed by atoms with Crippen molar-refractivity contribution in [2.45, 2.75) is 17.7 Å². The lowest BCUT2D eigenvalue weighted by atomic mass is 9.96. The van der Waals surface area contributed by atoms with Gasteiger partial charge in [-0.1, -0.05) is 30.9 Å². The molecule has 0 aliphatic carbocycles. The molecule has 0 aromatic heterocycles.